The lowest BCUT2D eigenvalue weighted by Gasteiger charge is -2.39. The van der Waals surface area contributed by atoms with Crippen LogP contribution in [0, 0.1) is 5.82 Å². The Morgan fingerprint density at radius 2 is 1.72 bits per heavy atom. The molecule has 2 N–H and O–H groups in total. The number of hydrogen-bond acceptors (Lipinski definition) is 5. The van der Waals surface area contributed by atoms with Gasteiger partial charge in [-0.25, -0.2) is 4.39 Å². The van der Waals surface area contributed by atoms with Crippen LogP contribution in [0.5, 0.6) is 5.75 Å². The van der Waals surface area contributed by atoms with Crippen molar-refractivity contribution in [2.45, 2.75) is 57.9 Å². The van der Waals surface area contributed by atoms with Gasteiger partial charge in [-0.05, 0) is 91.5 Å². The van der Waals surface area contributed by atoms with Gasteiger partial charge in [0.25, 0.3) is 5.91 Å². The third-order valence-electron chi connectivity index (χ3n) is 8.88. The van der Waals surface area contributed by atoms with Crippen molar-refractivity contribution in [2.24, 2.45) is 0 Å². The van der Waals surface area contributed by atoms with Crippen LogP contribution in [0.3, 0.4) is 0 Å². The van der Waals surface area contributed by atoms with Crippen LogP contribution in [0.25, 0.3) is 5.70 Å². The van der Waals surface area contributed by atoms with Crippen LogP contribution in [0.4, 0.5) is 4.39 Å². The molecular formula is C42H54FN2O4P. The minimum Gasteiger partial charge on any atom is -0.496 e. The maximum absolute atomic E-state index is 14.9. The Hall–Kier alpha value is -3.87. The summed E-state index contributed by atoms with van der Waals surface area (Å²) < 4.78 is 20.0. The van der Waals surface area contributed by atoms with Crippen LogP contribution < -0.4 is 10.0 Å². The van der Waals surface area contributed by atoms with E-state index >= 15 is 0 Å². The molecule has 0 saturated carbocycles. The van der Waals surface area contributed by atoms with Crippen molar-refractivity contribution >= 4 is 26.1 Å². The van der Waals surface area contributed by atoms with Crippen molar-refractivity contribution in [3.05, 3.63) is 138 Å². The van der Waals surface area contributed by atoms with Gasteiger partial charge < -0.3 is 24.7 Å². The minimum atomic E-state index is -0.536. The first-order chi connectivity index (χ1) is 24.2. The molecule has 0 aliphatic heterocycles. The number of methoxy groups -OCH3 is 1. The SMILES string of the molecule is C=C/C=C(\C/C=C\CO)C(C(C)c1ccc(P)cc1)N(C(=C)c1ccc(F)cc1OC)C(=O)c1ccc(CCCCN(CCC)CCO)cc1. The van der Waals surface area contributed by atoms with Crippen molar-refractivity contribution < 1.29 is 24.1 Å². The lowest BCUT2D eigenvalue weighted by atomic mass is 9.84. The normalized spacial score (nSPS) is 13.0. The second kappa shape index (κ2) is 21.4. The molecule has 8 heteroatoms. The molecule has 3 aromatic rings. The number of aryl methyl sites for hydroxylation is 1. The number of ether oxygens (including phenoxy) is 1. The Labute approximate surface area is 300 Å². The fraction of sp³-hybridized carbons (Fsp3) is 0.357. The van der Waals surface area contributed by atoms with Crippen LogP contribution in [0.15, 0.2) is 110 Å². The highest BCUT2D eigenvalue weighted by Gasteiger charge is 2.35. The Morgan fingerprint density at radius 3 is 2.34 bits per heavy atom. The zero-order valence-electron chi connectivity index (χ0n) is 29.9. The van der Waals surface area contributed by atoms with Gasteiger partial charge >= 0.3 is 0 Å². The van der Waals surface area contributed by atoms with Crippen LogP contribution in [0.2, 0.25) is 0 Å². The standard InChI is InChI=1S/C42H54FN2O4P/c1-6-12-35(14-9-11-28-46)41(31(3)34-19-22-38(50)23-20-34)45(32(4)39-24-21-37(43)30-40(39)49-5)42(48)36-17-15-33(16-18-36)13-8-10-26-44(25-7-2)27-29-47/h6,9,11-12,15-24,30-31,41,46-47H,1,4,7-8,10,13-14,25-29,50H2,2-3,5H3/b11-9-,35-12+. The number of aliphatic hydroxyl groups excluding tert-OH is 2. The first kappa shape index (κ1) is 40.6. The van der Waals surface area contributed by atoms with E-state index < -0.39 is 11.9 Å². The van der Waals surface area contributed by atoms with Crippen LogP contribution in [-0.2, 0) is 6.42 Å². The molecule has 50 heavy (non-hydrogen) atoms. The summed E-state index contributed by atoms with van der Waals surface area (Å²) in [5.41, 5.74) is 4.41. The second-order valence-electron chi connectivity index (χ2n) is 12.4. The van der Waals surface area contributed by atoms with Crippen LogP contribution in [0.1, 0.15) is 72.5 Å². The molecule has 3 atom stereocenters. The summed E-state index contributed by atoms with van der Waals surface area (Å²) in [7, 11) is 4.17. The summed E-state index contributed by atoms with van der Waals surface area (Å²) in [6.45, 7) is 15.3. The smallest absolute Gasteiger partial charge is 0.258 e. The maximum Gasteiger partial charge on any atom is 0.258 e. The molecule has 0 aliphatic rings. The number of benzene rings is 3. The summed E-state index contributed by atoms with van der Waals surface area (Å²) in [6, 6.07) is 19.6. The first-order valence-electron chi connectivity index (χ1n) is 17.4. The third-order valence-corrected chi connectivity index (χ3v) is 9.27. The summed E-state index contributed by atoms with van der Waals surface area (Å²) in [5.74, 6) is -0.651. The Balaban J connectivity index is 2.07. The fourth-order valence-corrected chi connectivity index (χ4v) is 6.48. The van der Waals surface area contributed by atoms with Gasteiger partial charge in [0, 0.05) is 35.4 Å². The lowest BCUT2D eigenvalue weighted by molar-refractivity contribution is 0.0790. The molecule has 0 aromatic heterocycles. The number of aliphatic hydroxyl groups is 2. The topological polar surface area (TPSA) is 73.2 Å². The van der Waals surface area contributed by atoms with Crippen LogP contribution >= 0.6 is 9.24 Å². The summed E-state index contributed by atoms with van der Waals surface area (Å²) >= 11 is 0. The quantitative estimate of drug-likeness (QED) is 0.0516. The number of amides is 1. The number of rotatable bonds is 21. The van der Waals surface area contributed by atoms with Gasteiger partial charge in [0.1, 0.15) is 11.6 Å². The molecule has 0 radical (unpaired) electrons. The van der Waals surface area contributed by atoms with Crippen molar-refractivity contribution in [1.82, 2.24) is 9.80 Å². The van der Waals surface area contributed by atoms with E-state index in [0.29, 0.717) is 29.8 Å². The van der Waals surface area contributed by atoms with Gasteiger partial charge in [-0.15, -0.1) is 9.24 Å². The van der Waals surface area contributed by atoms with E-state index in [1.165, 1.54) is 19.2 Å². The number of carbonyl (C=O) groups excluding carboxylic acids is 1. The Bertz CT molecular complexity index is 1580. The largest absolute Gasteiger partial charge is 0.496 e. The molecule has 0 aliphatic carbocycles. The van der Waals surface area contributed by atoms with E-state index in [2.05, 4.69) is 53.3 Å². The summed E-state index contributed by atoms with van der Waals surface area (Å²) in [6.07, 6.45) is 11.6. The van der Waals surface area contributed by atoms with Crippen LogP contribution in [-0.4, -0.2) is 71.9 Å². The van der Waals surface area contributed by atoms with E-state index in [0.717, 1.165) is 60.8 Å². The highest BCUT2D eigenvalue weighted by molar-refractivity contribution is 7.27. The minimum absolute atomic E-state index is 0.106. The van der Waals surface area contributed by atoms with Crippen molar-refractivity contribution in [1.29, 1.82) is 0 Å². The fourth-order valence-electron chi connectivity index (χ4n) is 6.29. The Kier molecular flexibility index (Phi) is 17.3. The zero-order chi connectivity index (χ0) is 36.5. The number of halogens is 1. The molecule has 3 rings (SSSR count). The molecule has 0 heterocycles. The number of hydrogen-bond donors (Lipinski definition) is 2. The summed E-state index contributed by atoms with van der Waals surface area (Å²) in [5, 5.41) is 19.9. The summed E-state index contributed by atoms with van der Waals surface area (Å²) in [4.78, 5) is 18.9. The van der Waals surface area contributed by atoms with Crippen molar-refractivity contribution in [3.8, 4) is 5.75 Å². The molecule has 3 unspecified atom stereocenters. The predicted octanol–water partition coefficient (Wildman–Crippen LogP) is 7.70. The molecule has 0 saturated heterocycles. The van der Waals surface area contributed by atoms with Gasteiger partial charge in [0.15, 0.2) is 0 Å². The second-order valence-corrected chi connectivity index (χ2v) is 13.1. The zero-order valence-corrected chi connectivity index (χ0v) is 31.0. The molecule has 0 fully saturated rings. The molecule has 0 spiro atoms. The third kappa shape index (κ3) is 11.6. The highest BCUT2D eigenvalue weighted by Crippen LogP contribution is 2.38. The van der Waals surface area contributed by atoms with E-state index in [-0.39, 0.29) is 30.8 Å². The molecular weight excluding hydrogens is 646 g/mol. The molecule has 6 nitrogen and oxygen atoms in total. The van der Waals surface area contributed by atoms with Gasteiger partial charge in [0.05, 0.1) is 26.4 Å². The van der Waals surface area contributed by atoms with E-state index in [1.807, 2.05) is 48.6 Å². The van der Waals surface area contributed by atoms with E-state index in [4.69, 9.17) is 4.74 Å². The molecule has 268 valence electrons. The predicted molar refractivity (Wildman–Crippen MR) is 208 cm³/mol. The maximum atomic E-state index is 14.9. The Morgan fingerprint density at radius 1 is 1.00 bits per heavy atom. The average Bonchev–Trinajstić information content (AvgIpc) is 3.12. The van der Waals surface area contributed by atoms with Gasteiger partial charge in [-0.2, -0.15) is 0 Å². The van der Waals surface area contributed by atoms with E-state index in [1.54, 1.807) is 23.1 Å². The highest BCUT2D eigenvalue weighted by atomic mass is 31.0. The molecule has 3 aromatic carbocycles. The number of nitrogens with zero attached hydrogens (tertiary/aromatic N) is 2. The number of carbonyl (C=O) groups is 1. The number of allylic oxidation sites excluding steroid dienone is 3. The van der Waals surface area contributed by atoms with Gasteiger partial charge in [-0.1, -0.05) is 87.7 Å². The van der Waals surface area contributed by atoms with Gasteiger partial charge in [0.2, 0.25) is 0 Å². The molecule has 1 amide bonds. The lowest BCUT2D eigenvalue weighted by Crippen LogP contribution is -2.43. The number of unbranched alkanes of at least 4 members (excludes halogenated alkanes) is 1. The monoisotopic (exact) mass is 700 g/mol. The van der Waals surface area contributed by atoms with E-state index in [9.17, 15) is 19.4 Å². The average molecular weight is 701 g/mol. The molecule has 0 bridgehead atoms. The van der Waals surface area contributed by atoms with Crippen molar-refractivity contribution in [2.75, 3.05) is 40.0 Å². The first-order valence-corrected chi connectivity index (χ1v) is 18.0. The van der Waals surface area contributed by atoms with Crippen molar-refractivity contribution in [3.63, 3.8) is 0 Å². The van der Waals surface area contributed by atoms with Gasteiger partial charge in [-0.3, -0.25) is 4.79 Å².